The average Bonchev–Trinajstić information content (AvgIpc) is 2.55. The van der Waals surface area contributed by atoms with Crippen LogP contribution in [0.4, 0.5) is 0 Å². The standard InChI is InChI=1S/C12H19ClN2O2/c1-5-8-11(13)9(15(4)14-8)6-10(16)12(17)7(2)3/h7,12,17H,5-6H2,1-4H3. The number of hydrogen-bond acceptors (Lipinski definition) is 3. The highest BCUT2D eigenvalue weighted by Crippen LogP contribution is 2.22. The van der Waals surface area contributed by atoms with Crippen molar-refractivity contribution in [1.82, 2.24) is 9.78 Å². The molecule has 0 saturated carbocycles. The molecule has 0 aliphatic carbocycles. The third kappa shape index (κ3) is 3.07. The van der Waals surface area contributed by atoms with Gasteiger partial charge in [0.05, 0.1) is 22.8 Å². The maximum atomic E-state index is 11.8. The highest BCUT2D eigenvalue weighted by molar-refractivity contribution is 6.32. The van der Waals surface area contributed by atoms with Crippen molar-refractivity contribution < 1.29 is 9.90 Å². The number of carbonyl (C=O) groups is 1. The monoisotopic (exact) mass is 258 g/mol. The maximum Gasteiger partial charge on any atom is 0.167 e. The van der Waals surface area contributed by atoms with E-state index in [0.717, 1.165) is 12.1 Å². The molecule has 5 heteroatoms. The fourth-order valence-electron chi connectivity index (χ4n) is 1.65. The minimum atomic E-state index is -0.939. The van der Waals surface area contributed by atoms with E-state index in [1.165, 1.54) is 0 Å². The Kier molecular flexibility index (Phi) is 4.71. The number of ketones is 1. The summed E-state index contributed by atoms with van der Waals surface area (Å²) in [6.45, 7) is 5.58. The summed E-state index contributed by atoms with van der Waals surface area (Å²) < 4.78 is 1.62. The lowest BCUT2D eigenvalue weighted by Gasteiger charge is -2.13. The molecular formula is C12H19ClN2O2. The molecule has 1 aromatic heterocycles. The predicted molar refractivity (Wildman–Crippen MR) is 67.2 cm³/mol. The molecule has 0 fully saturated rings. The third-order valence-corrected chi connectivity index (χ3v) is 3.24. The molecule has 0 aliphatic heterocycles. The lowest BCUT2D eigenvalue weighted by molar-refractivity contribution is -0.128. The Morgan fingerprint density at radius 3 is 2.53 bits per heavy atom. The average molecular weight is 259 g/mol. The molecule has 4 nitrogen and oxygen atoms in total. The van der Waals surface area contributed by atoms with Crippen molar-refractivity contribution in [2.45, 2.75) is 39.7 Å². The van der Waals surface area contributed by atoms with E-state index in [4.69, 9.17) is 11.6 Å². The number of aliphatic hydroxyl groups excluding tert-OH is 1. The molecule has 1 heterocycles. The minimum Gasteiger partial charge on any atom is -0.385 e. The molecule has 1 N–H and O–H groups in total. The molecule has 0 aromatic carbocycles. The Morgan fingerprint density at radius 1 is 1.53 bits per heavy atom. The molecule has 1 atom stereocenters. The molecule has 0 spiro atoms. The summed E-state index contributed by atoms with van der Waals surface area (Å²) >= 11 is 6.14. The van der Waals surface area contributed by atoms with Crippen molar-refractivity contribution in [1.29, 1.82) is 0 Å². The van der Waals surface area contributed by atoms with Crippen molar-refractivity contribution in [2.75, 3.05) is 0 Å². The fraction of sp³-hybridized carbons (Fsp3) is 0.667. The van der Waals surface area contributed by atoms with Crippen LogP contribution in [0, 0.1) is 5.92 Å². The van der Waals surface area contributed by atoms with Crippen LogP contribution in [0.15, 0.2) is 0 Å². The van der Waals surface area contributed by atoms with Gasteiger partial charge in [0.25, 0.3) is 0 Å². The number of hydrogen-bond donors (Lipinski definition) is 1. The van der Waals surface area contributed by atoms with Crippen LogP contribution in [0.3, 0.4) is 0 Å². The van der Waals surface area contributed by atoms with Gasteiger partial charge in [-0.25, -0.2) is 0 Å². The van der Waals surface area contributed by atoms with Gasteiger partial charge in [-0.15, -0.1) is 0 Å². The highest BCUT2D eigenvalue weighted by Gasteiger charge is 2.22. The number of carbonyl (C=O) groups excluding carboxylic acids is 1. The van der Waals surface area contributed by atoms with E-state index in [-0.39, 0.29) is 18.1 Å². The van der Waals surface area contributed by atoms with Crippen LogP contribution in [0.1, 0.15) is 32.2 Å². The first kappa shape index (κ1) is 14.2. The largest absolute Gasteiger partial charge is 0.385 e. The maximum absolute atomic E-state index is 11.8. The van der Waals surface area contributed by atoms with Crippen molar-refractivity contribution in [3.8, 4) is 0 Å². The van der Waals surface area contributed by atoms with Crippen LogP contribution >= 0.6 is 11.6 Å². The Labute approximate surface area is 107 Å². The third-order valence-electron chi connectivity index (χ3n) is 2.81. The zero-order valence-corrected chi connectivity index (χ0v) is 11.5. The van der Waals surface area contributed by atoms with Crippen LogP contribution < -0.4 is 0 Å². The molecule has 0 saturated heterocycles. The van der Waals surface area contributed by atoms with Gasteiger partial charge in [-0.05, 0) is 12.3 Å². The van der Waals surface area contributed by atoms with Gasteiger partial charge in [0.15, 0.2) is 5.78 Å². The van der Waals surface area contributed by atoms with Gasteiger partial charge >= 0.3 is 0 Å². The van der Waals surface area contributed by atoms with E-state index >= 15 is 0 Å². The van der Waals surface area contributed by atoms with Crippen LogP contribution in [-0.4, -0.2) is 26.8 Å². The van der Waals surface area contributed by atoms with Crippen LogP contribution in [0.2, 0.25) is 5.02 Å². The normalized spacial score (nSPS) is 13.1. The summed E-state index contributed by atoms with van der Waals surface area (Å²) in [6.07, 6.45) is -0.0824. The number of aliphatic hydroxyl groups is 1. The molecule has 1 unspecified atom stereocenters. The van der Waals surface area contributed by atoms with Crippen molar-refractivity contribution in [3.05, 3.63) is 16.4 Å². The van der Waals surface area contributed by atoms with E-state index in [9.17, 15) is 9.90 Å². The molecule has 1 aromatic rings. The van der Waals surface area contributed by atoms with Gasteiger partial charge in [0, 0.05) is 7.05 Å². The fourth-order valence-corrected chi connectivity index (χ4v) is 2.01. The summed E-state index contributed by atoms with van der Waals surface area (Å²) in [7, 11) is 1.76. The second kappa shape index (κ2) is 5.65. The van der Waals surface area contributed by atoms with E-state index < -0.39 is 6.10 Å². The molecule has 0 amide bonds. The lowest BCUT2D eigenvalue weighted by atomic mass is 10.00. The van der Waals surface area contributed by atoms with Gasteiger partial charge in [-0.1, -0.05) is 32.4 Å². The summed E-state index contributed by atoms with van der Waals surface area (Å²) in [5, 5.41) is 14.5. The minimum absolute atomic E-state index is 0.0832. The summed E-state index contributed by atoms with van der Waals surface area (Å²) in [6, 6.07) is 0. The first-order chi connectivity index (χ1) is 7.88. The van der Waals surface area contributed by atoms with E-state index in [0.29, 0.717) is 10.7 Å². The van der Waals surface area contributed by atoms with Crippen molar-refractivity contribution >= 4 is 17.4 Å². The highest BCUT2D eigenvalue weighted by atomic mass is 35.5. The quantitative estimate of drug-likeness (QED) is 0.876. The molecule has 0 aliphatic rings. The molecule has 96 valence electrons. The van der Waals surface area contributed by atoms with Crippen molar-refractivity contribution in [3.63, 3.8) is 0 Å². The Hall–Kier alpha value is -0.870. The van der Waals surface area contributed by atoms with Gasteiger partial charge in [-0.3, -0.25) is 9.48 Å². The number of aryl methyl sites for hydroxylation is 2. The second-order valence-electron chi connectivity index (χ2n) is 4.52. The van der Waals surface area contributed by atoms with Gasteiger partial charge in [0.2, 0.25) is 0 Å². The van der Waals surface area contributed by atoms with E-state index in [1.807, 2.05) is 20.8 Å². The molecular weight excluding hydrogens is 240 g/mol. The first-order valence-electron chi connectivity index (χ1n) is 5.79. The van der Waals surface area contributed by atoms with Crippen LogP contribution in [0.25, 0.3) is 0 Å². The Balaban J connectivity index is 2.89. The van der Waals surface area contributed by atoms with Crippen LogP contribution in [-0.2, 0) is 24.7 Å². The van der Waals surface area contributed by atoms with Gasteiger partial charge < -0.3 is 5.11 Å². The van der Waals surface area contributed by atoms with E-state index in [2.05, 4.69) is 5.10 Å². The van der Waals surface area contributed by atoms with Crippen LogP contribution in [0.5, 0.6) is 0 Å². The van der Waals surface area contributed by atoms with Gasteiger partial charge in [0.1, 0.15) is 6.10 Å². The number of halogens is 1. The van der Waals surface area contributed by atoms with Crippen molar-refractivity contribution in [2.24, 2.45) is 13.0 Å². The molecule has 0 bridgehead atoms. The zero-order chi connectivity index (χ0) is 13.2. The number of Topliss-reactive ketones (excluding diaryl/α,β-unsaturated/α-hetero) is 1. The Bertz CT molecular complexity index is 413. The van der Waals surface area contributed by atoms with Gasteiger partial charge in [-0.2, -0.15) is 5.10 Å². The topological polar surface area (TPSA) is 55.1 Å². The number of rotatable bonds is 5. The number of aromatic nitrogens is 2. The zero-order valence-electron chi connectivity index (χ0n) is 10.7. The predicted octanol–water partition coefficient (Wildman–Crippen LogP) is 1.76. The van der Waals surface area contributed by atoms with E-state index in [1.54, 1.807) is 11.7 Å². The summed E-state index contributed by atoms with van der Waals surface area (Å²) in [5.74, 6) is -0.298. The lowest BCUT2D eigenvalue weighted by Crippen LogP contribution is -2.28. The SMILES string of the molecule is CCc1nn(C)c(CC(=O)C(O)C(C)C)c1Cl. The molecule has 17 heavy (non-hydrogen) atoms. The molecule has 1 rings (SSSR count). The summed E-state index contributed by atoms with van der Waals surface area (Å²) in [4.78, 5) is 11.8. The summed E-state index contributed by atoms with van der Waals surface area (Å²) in [5.41, 5.74) is 1.46. The smallest absolute Gasteiger partial charge is 0.167 e. The first-order valence-corrected chi connectivity index (χ1v) is 6.17. The Morgan fingerprint density at radius 2 is 2.12 bits per heavy atom. The second-order valence-corrected chi connectivity index (χ2v) is 4.89. The number of nitrogens with zero attached hydrogens (tertiary/aromatic N) is 2. The molecule has 0 radical (unpaired) electrons.